The van der Waals surface area contributed by atoms with E-state index in [9.17, 15) is 18.0 Å². The predicted molar refractivity (Wildman–Crippen MR) is 146 cm³/mol. The second kappa shape index (κ2) is 11.7. The lowest BCUT2D eigenvalue weighted by Crippen LogP contribution is -2.38. The third-order valence-electron chi connectivity index (χ3n) is 6.76. The summed E-state index contributed by atoms with van der Waals surface area (Å²) in [4.78, 5) is 19.8. The molecule has 2 aromatic carbocycles. The van der Waals surface area contributed by atoms with Crippen LogP contribution in [0.3, 0.4) is 0 Å². The number of carbonyl (C=O) groups is 1. The summed E-state index contributed by atoms with van der Waals surface area (Å²) in [6.07, 6.45) is -0.858. The highest BCUT2D eigenvalue weighted by atomic mass is 35.5. The zero-order valence-electron chi connectivity index (χ0n) is 21.7. The highest BCUT2D eigenvalue weighted by Crippen LogP contribution is 2.27. The zero-order chi connectivity index (χ0) is 28.3. The first kappa shape index (κ1) is 27.6. The number of aromatic nitrogens is 2. The van der Waals surface area contributed by atoms with Gasteiger partial charge >= 0.3 is 6.36 Å². The Hall–Kier alpha value is -3.92. The van der Waals surface area contributed by atoms with Gasteiger partial charge in [0.25, 0.3) is 5.91 Å². The topological polar surface area (TPSA) is 68.1 Å². The molecule has 1 amide bonds. The number of ether oxygens (including phenoxy) is 2. The third kappa shape index (κ3) is 6.62. The maximum absolute atomic E-state index is 13.0. The summed E-state index contributed by atoms with van der Waals surface area (Å²) in [5.74, 6) is 0.0291. The van der Waals surface area contributed by atoms with Crippen molar-refractivity contribution in [2.45, 2.75) is 45.2 Å². The normalized spacial score (nSPS) is 14.4. The molecule has 3 heterocycles. The largest absolute Gasteiger partial charge is 0.573 e. The van der Waals surface area contributed by atoms with E-state index < -0.39 is 6.36 Å². The average molecular weight is 573 g/mol. The van der Waals surface area contributed by atoms with Gasteiger partial charge in [-0.1, -0.05) is 30.7 Å². The van der Waals surface area contributed by atoms with Crippen LogP contribution in [0.25, 0.3) is 5.65 Å². The fourth-order valence-corrected chi connectivity index (χ4v) is 4.95. The van der Waals surface area contributed by atoms with E-state index in [1.54, 1.807) is 22.7 Å². The van der Waals surface area contributed by atoms with Gasteiger partial charge in [-0.25, -0.2) is 4.98 Å². The van der Waals surface area contributed by atoms with Crippen LogP contribution in [-0.4, -0.2) is 40.8 Å². The number of imidazole rings is 1. The molecule has 1 saturated heterocycles. The molecule has 7 nitrogen and oxygen atoms in total. The summed E-state index contributed by atoms with van der Waals surface area (Å²) in [5, 5.41) is 3.52. The minimum absolute atomic E-state index is 0.0253. The van der Waals surface area contributed by atoms with Gasteiger partial charge in [0.15, 0.2) is 0 Å². The summed E-state index contributed by atoms with van der Waals surface area (Å²) in [5.41, 5.74) is 3.94. The number of hydrogen-bond acceptors (Lipinski definition) is 5. The summed E-state index contributed by atoms with van der Waals surface area (Å²) in [7, 11) is 0. The Morgan fingerprint density at radius 1 is 1.02 bits per heavy atom. The van der Waals surface area contributed by atoms with Gasteiger partial charge in [0.1, 0.15) is 28.9 Å². The molecule has 0 saturated carbocycles. The summed E-state index contributed by atoms with van der Waals surface area (Å²) < 4.78 is 48.6. The fourth-order valence-electron chi connectivity index (χ4n) is 4.79. The van der Waals surface area contributed by atoms with Gasteiger partial charge in [-0.2, -0.15) is 0 Å². The quantitative estimate of drug-likeness (QED) is 0.264. The Bertz CT molecular complexity index is 1470. The molecule has 1 N–H and O–H groups in total. The van der Waals surface area contributed by atoms with Gasteiger partial charge in [-0.05, 0) is 60.5 Å². The Kier molecular flexibility index (Phi) is 8.07. The minimum Gasteiger partial charge on any atom is -0.490 e. The maximum Gasteiger partial charge on any atom is 0.573 e. The molecule has 0 spiro atoms. The second-order valence-electron chi connectivity index (χ2n) is 9.51. The lowest BCUT2D eigenvalue weighted by molar-refractivity contribution is -0.274. The molecule has 1 fully saturated rings. The maximum atomic E-state index is 13.0. The number of halogens is 4. The lowest BCUT2D eigenvalue weighted by Gasteiger charge is -2.33. The van der Waals surface area contributed by atoms with Crippen molar-refractivity contribution in [3.63, 3.8) is 0 Å². The summed E-state index contributed by atoms with van der Waals surface area (Å²) in [6, 6.07) is 17.1. The first-order valence-electron chi connectivity index (χ1n) is 13.0. The molecule has 210 valence electrons. The molecule has 2 aromatic heterocycles. The van der Waals surface area contributed by atoms with Crippen molar-refractivity contribution < 1.29 is 27.4 Å². The van der Waals surface area contributed by atoms with Gasteiger partial charge in [-0.3, -0.25) is 9.20 Å². The van der Waals surface area contributed by atoms with Crippen LogP contribution in [0.4, 0.5) is 18.9 Å². The van der Waals surface area contributed by atoms with E-state index in [2.05, 4.69) is 19.9 Å². The van der Waals surface area contributed by atoms with E-state index in [0.29, 0.717) is 35.1 Å². The summed E-state index contributed by atoms with van der Waals surface area (Å²) >= 11 is 6.14. The number of nitrogens with one attached hydrogen (secondary N) is 1. The van der Waals surface area contributed by atoms with E-state index in [4.69, 9.17) is 16.3 Å². The van der Waals surface area contributed by atoms with Gasteiger partial charge in [0.05, 0.1) is 10.7 Å². The number of amides is 1. The van der Waals surface area contributed by atoms with Crippen LogP contribution >= 0.6 is 11.6 Å². The number of aryl methyl sites for hydroxylation is 1. The van der Waals surface area contributed by atoms with Crippen LogP contribution in [0.2, 0.25) is 5.02 Å². The molecule has 5 rings (SSSR count). The molecule has 0 unspecified atom stereocenters. The smallest absolute Gasteiger partial charge is 0.490 e. The Balaban J connectivity index is 1.12. The van der Waals surface area contributed by atoms with E-state index >= 15 is 0 Å². The van der Waals surface area contributed by atoms with Crippen molar-refractivity contribution in [2.24, 2.45) is 0 Å². The zero-order valence-corrected chi connectivity index (χ0v) is 22.5. The number of carbonyl (C=O) groups excluding carboxylic acids is 1. The Labute approximate surface area is 234 Å². The van der Waals surface area contributed by atoms with Crippen LogP contribution in [0.15, 0.2) is 66.9 Å². The molecule has 11 heteroatoms. The van der Waals surface area contributed by atoms with Crippen molar-refractivity contribution >= 4 is 28.8 Å². The van der Waals surface area contributed by atoms with Crippen molar-refractivity contribution in [3.05, 3.63) is 88.8 Å². The van der Waals surface area contributed by atoms with Crippen LogP contribution in [-0.2, 0) is 13.0 Å². The molecule has 0 aliphatic carbocycles. The first-order valence-corrected chi connectivity index (χ1v) is 13.4. The minimum atomic E-state index is -4.72. The van der Waals surface area contributed by atoms with Gasteiger partial charge in [-0.15, -0.1) is 13.2 Å². The number of rotatable bonds is 8. The standard InChI is InChI=1S/C29H28ClF3N4O3/c1-2-25-27(37-18-20(30)5-12-26(37)35-25)28(38)34-17-19-3-6-21(7-4-19)36-15-13-23(14-16-36)39-22-8-10-24(11-9-22)40-29(31,32)33/h3-12,18,23H,2,13-17H2,1H3,(H,34,38). The van der Waals surface area contributed by atoms with E-state index in [1.165, 1.54) is 24.3 Å². The molecule has 40 heavy (non-hydrogen) atoms. The highest BCUT2D eigenvalue weighted by Gasteiger charge is 2.31. The fraction of sp³-hybridized carbons (Fsp3) is 0.310. The molecule has 0 atom stereocenters. The van der Waals surface area contributed by atoms with Crippen molar-refractivity contribution in [3.8, 4) is 11.5 Å². The molecule has 4 aromatic rings. The number of alkyl halides is 3. The SMILES string of the molecule is CCc1nc2ccc(Cl)cn2c1C(=O)NCc1ccc(N2CCC(Oc3ccc(OC(F)(F)F)cc3)CC2)cc1. The molecular formula is C29H28ClF3N4O3. The van der Waals surface area contributed by atoms with Crippen LogP contribution < -0.4 is 19.7 Å². The van der Waals surface area contributed by atoms with E-state index in [1.807, 2.05) is 31.2 Å². The molecular weight excluding hydrogens is 545 g/mol. The van der Waals surface area contributed by atoms with Crippen LogP contribution in [0.5, 0.6) is 11.5 Å². The lowest BCUT2D eigenvalue weighted by atomic mass is 10.1. The van der Waals surface area contributed by atoms with Crippen LogP contribution in [0, 0.1) is 0 Å². The number of anilines is 1. The average Bonchev–Trinajstić information content (AvgIpc) is 3.30. The molecule has 1 aliphatic rings. The van der Waals surface area contributed by atoms with Gasteiger partial charge in [0.2, 0.25) is 0 Å². The van der Waals surface area contributed by atoms with E-state index in [-0.39, 0.29) is 17.8 Å². The Morgan fingerprint density at radius 3 is 2.35 bits per heavy atom. The molecule has 0 radical (unpaired) electrons. The highest BCUT2D eigenvalue weighted by molar-refractivity contribution is 6.30. The number of pyridine rings is 1. The first-order chi connectivity index (χ1) is 19.2. The number of fused-ring (bicyclic) bond motifs is 1. The molecule has 1 aliphatic heterocycles. The number of benzene rings is 2. The summed E-state index contributed by atoms with van der Waals surface area (Å²) in [6.45, 7) is 3.90. The van der Waals surface area contributed by atoms with Gasteiger partial charge in [0, 0.05) is 44.4 Å². The van der Waals surface area contributed by atoms with Crippen molar-refractivity contribution in [1.29, 1.82) is 0 Å². The number of nitrogens with zero attached hydrogens (tertiary/aromatic N) is 3. The third-order valence-corrected chi connectivity index (χ3v) is 6.98. The predicted octanol–water partition coefficient (Wildman–Crippen LogP) is 6.43. The number of hydrogen-bond donors (Lipinski definition) is 1. The number of piperidine rings is 1. The van der Waals surface area contributed by atoms with Gasteiger partial charge < -0.3 is 19.7 Å². The second-order valence-corrected chi connectivity index (χ2v) is 9.95. The van der Waals surface area contributed by atoms with Crippen LogP contribution in [0.1, 0.15) is 41.5 Å². The van der Waals surface area contributed by atoms with Crippen molar-refractivity contribution in [2.75, 3.05) is 18.0 Å². The monoisotopic (exact) mass is 572 g/mol. The molecule has 0 bridgehead atoms. The van der Waals surface area contributed by atoms with E-state index in [0.717, 1.165) is 42.9 Å². The Morgan fingerprint density at radius 2 is 1.70 bits per heavy atom. The van der Waals surface area contributed by atoms with Crippen molar-refractivity contribution in [1.82, 2.24) is 14.7 Å².